The Morgan fingerprint density at radius 2 is 1.89 bits per heavy atom. The summed E-state index contributed by atoms with van der Waals surface area (Å²) in [5.74, 6) is 0.700. The molecule has 1 aromatic rings. The van der Waals surface area contributed by atoms with Crippen molar-refractivity contribution in [3.63, 3.8) is 0 Å². The average Bonchev–Trinajstić information content (AvgIpc) is 3.23. The van der Waals surface area contributed by atoms with Crippen molar-refractivity contribution in [1.29, 1.82) is 0 Å². The molecule has 3 aliphatic carbocycles. The van der Waals surface area contributed by atoms with E-state index < -0.39 is 5.60 Å². The van der Waals surface area contributed by atoms with Gasteiger partial charge in [0.15, 0.2) is 0 Å². The van der Waals surface area contributed by atoms with E-state index in [1.54, 1.807) is 0 Å². The molecule has 1 aromatic carbocycles. The second kappa shape index (κ2) is 6.81. The van der Waals surface area contributed by atoms with E-state index in [9.17, 15) is 9.59 Å². The SMILES string of the molecule is CC(C)(C)OC(=O)c1ccc2c(c1)CCC(OC(=O)C1CC3C=CC1C3)C2. The van der Waals surface area contributed by atoms with Gasteiger partial charge < -0.3 is 9.47 Å². The zero-order chi connectivity index (χ0) is 19.2. The van der Waals surface area contributed by atoms with Crippen LogP contribution in [-0.4, -0.2) is 23.6 Å². The molecule has 4 nitrogen and oxygen atoms in total. The number of aryl methyl sites for hydroxylation is 1. The molecular formula is C23H28O4. The number of esters is 2. The van der Waals surface area contributed by atoms with Crippen LogP contribution in [0.25, 0.3) is 0 Å². The molecule has 4 rings (SSSR count). The van der Waals surface area contributed by atoms with E-state index in [-0.39, 0.29) is 24.0 Å². The van der Waals surface area contributed by atoms with Crippen molar-refractivity contribution in [3.8, 4) is 0 Å². The van der Waals surface area contributed by atoms with Crippen LogP contribution in [-0.2, 0) is 27.1 Å². The summed E-state index contributed by atoms with van der Waals surface area (Å²) in [6.45, 7) is 5.61. The molecule has 4 heteroatoms. The lowest BCUT2D eigenvalue weighted by atomic mass is 9.88. The van der Waals surface area contributed by atoms with Crippen LogP contribution in [0.4, 0.5) is 0 Å². The molecule has 1 saturated carbocycles. The number of carbonyl (C=O) groups excluding carboxylic acids is 2. The van der Waals surface area contributed by atoms with E-state index in [0.29, 0.717) is 17.4 Å². The summed E-state index contributed by atoms with van der Waals surface area (Å²) in [6, 6.07) is 5.73. The Kier molecular flexibility index (Phi) is 4.61. The van der Waals surface area contributed by atoms with E-state index in [1.165, 1.54) is 5.56 Å². The van der Waals surface area contributed by atoms with E-state index in [2.05, 4.69) is 12.2 Å². The molecule has 0 aliphatic heterocycles. The molecule has 0 aromatic heterocycles. The van der Waals surface area contributed by atoms with Crippen molar-refractivity contribution < 1.29 is 19.1 Å². The van der Waals surface area contributed by atoms with E-state index in [4.69, 9.17) is 9.47 Å². The molecule has 0 heterocycles. The maximum Gasteiger partial charge on any atom is 0.338 e. The Labute approximate surface area is 160 Å². The standard InChI is InChI=1S/C23H28O4/c1-23(2,3)27-21(24)18-7-6-16-13-19(9-8-15(16)12-18)26-22(25)20-11-14-4-5-17(20)10-14/h4-7,12,14,17,19-20H,8-11,13H2,1-3H3. The number of carbonyl (C=O) groups is 2. The van der Waals surface area contributed by atoms with Crippen molar-refractivity contribution >= 4 is 11.9 Å². The predicted octanol–water partition coefficient (Wildman–Crippen LogP) is 4.25. The van der Waals surface area contributed by atoms with Gasteiger partial charge in [0.2, 0.25) is 0 Å². The van der Waals surface area contributed by atoms with Crippen LogP contribution in [0.1, 0.15) is 61.5 Å². The van der Waals surface area contributed by atoms with Crippen molar-refractivity contribution in [2.75, 3.05) is 0 Å². The molecule has 0 N–H and O–H groups in total. The lowest BCUT2D eigenvalue weighted by Crippen LogP contribution is -2.30. The number of rotatable bonds is 3. The maximum absolute atomic E-state index is 12.6. The Morgan fingerprint density at radius 1 is 1.07 bits per heavy atom. The van der Waals surface area contributed by atoms with Crippen LogP contribution < -0.4 is 0 Å². The summed E-state index contributed by atoms with van der Waals surface area (Å²) in [5.41, 5.74) is 2.42. The fraction of sp³-hybridized carbons (Fsp3) is 0.565. The van der Waals surface area contributed by atoms with Crippen molar-refractivity contribution in [1.82, 2.24) is 0 Å². The first-order valence-electron chi connectivity index (χ1n) is 10.0. The van der Waals surface area contributed by atoms with Gasteiger partial charge >= 0.3 is 11.9 Å². The Bertz CT molecular complexity index is 786. The molecule has 0 amide bonds. The molecule has 0 radical (unpaired) electrons. The molecule has 0 spiro atoms. The van der Waals surface area contributed by atoms with Crippen LogP contribution in [0.3, 0.4) is 0 Å². The minimum Gasteiger partial charge on any atom is -0.462 e. The third-order valence-electron chi connectivity index (χ3n) is 5.89. The van der Waals surface area contributed by atoms with E-state index in [1.807, 2.05) is 39.0 Å². The number of allylic oxidation sites excluding steroid dienone is 2. The number of fused-ring (bicyclic) bond motifs is 3. The number of hydrogen-bond acceptors (Lipinski definition) is 4. The van der Waals surface area contributed by atoms with Gasteiger partial charge in [-0.2, -0.15) is 0 Å². The van der Waals surface area contributed by atoms with Crippen molar-refractivity contribution in [2.24, 2.45) is 17.8 Å². The van der Waals surface area contributed by atoms with Crippen LogP contribution in [0, 0.1) is 17.8 Å². The quantitative estimate of drug-likeness (QED) is 0.591. The second-order valence-electron chi connectivity index (χ2n) is 9.17. The van der Waals surface area contributed by atoms with Crippen LogP contribution in [0.5, 0.6) is 0 Å². The first-order chi connectivity index (χ1) is 12.8. The van der Waals surface area contributed by atoms with Crippen LogP contribution in [0.15, 0.2) is 30.4 Å². The monoisotopic (exact) mass is 368 g/mol. The number of hydrogen-bond donors (Lipinski definition) is 0. The molecule has 2 bridgehead atoms. The van der Waals surface area contributed by atoms with Gasteiger partial charge in [-0.1, -0.05) is 18.2 Å². The minimum atomic E-state index is -0.499. The smallest absolute Gasteiger partial charge is 0.338 e. The summed E-state index contributed by atoms with van der Waals surface area (Å²) < 4.78 is 11.3. The zero-order valence-electron chi connectivity index (χ0n) is 16.4. The van der Waals surface area contributed by atoms with Crippen LogP contribution in [0.2, 0.25) is 0 Å². The highest BCUT2D eigenvalue weighted by Crippen LogP contribution is 2.44. The Balaban J connectivity index is 1.38. The van der Waals surface area contributed by atoms with Gasteiger partial charge in [-0.05, 0) is 81.5 Å². The minimum absolute atomic E-state index is 0.0225. The van der Waals surface area contributed by atoms with Gasteiger partial charge in [-0.3, -0.25) is 4.79 Å². The molecule has 0 saturated heterocycles. The summed E-state index contributed by atoms with van der Waals surface area (Å²) >= 11 is 0. The fourth-order valence-electron chi connectivity index (χ4n) is 4.59. The van der Waals surface area contributed by atoms with Gasteiger partial charge in [0.1, 0.15) is 11.7 Å². The first-order valence-corrected chi connectivity index (χ1v) is 10.0. The lowest BCUT2D eigenvalue weighted by Gasteiger charge is -2.27. The highest BCUT2D eigenvalue weighted by Gasteiger charge is 2.41. The second-order valence-corrected chi connectivity index (χ2v) is 9.17. The van der Waals surface area contributed by atoms with Gasteiger partial charge in [-0.15, -0.1) is 0 Å². The number of ether oxygens (including phenoxy) is 2. The largest absolute Gasteiger partial charge is 0.462 e. The third kappa shape index (κ3) is 3.95. The van der Waals surface area contributed by atoms with E-state index in [0.717, 1.165) is 37.7 Å². The Hall–Kier alpha value is -2.10. The van der Waals surface area contributed by atoms with Crippen LogP contribution >= 0.6 is 0 Å². The highest BCUT2D eigenvalue weighted by atomic mass is 16.6. The lowest BCUT2D eigenvalue weighted by molar-refractivity contribution is -0.155. The third-order valence-corrected chi connectivity index (χ3v) is 5.89. The predicted molar refractivity (Wildman–Crippen MR) is 102 cm³/mol. The first kappa shape index (κ1) is 18.3. The molecule has 144 valence electrons. The van der Waals surface area contributed by atoms with Gasteiger partial charge in [0.05, 0.1) is 11.5 Å². The summed E-state index contributed by atoms with van der Waals surface area (Å²) in [5, 5.41) is 0. The van der Waals surface area contributed by atoms with Crippen molar-refractivity contribution in [3.05, 3.63) is 47.0 Å². The zero-order valence-corrected chi connectivity index (χ0v) is 16.4. The van der Waals surface area contributed by atoms with Gasteiger partial charge in [0.25, 0.3) is 0 Å². The van der Waals surface area contributed by atoms with Gasteiger partial charge in [-0.25, -0.2) is 4.79 Å². The average molecular weight is 368 g/mol. The summed E-state index contributed by atoms with van der Waals surface area (Å²) in [6.07, 6.45) is 8.80. The molecular weight excluding hydrogens is 340 g/mol. The fourth-order valence-corrected chi connectivity index (χ4v) is 4.59. The van der Waals surface area contributed by atoms with E-state index >= 15 is 0 Å². The molecule has 4 unspecified atom stereocenters. The molecule has 3 aliphatic rings. The summed E-state index contributed by atoms with van der Waals surface area (Å²) in [7, 11) is 0. The molecule has 1 fully saturated rings. The topological polar surface area (TPSA) is 52.6 Å². The molecule has 27 heavy (non-hydrogen) atoms. The maximum atomic E-state index is 12.6. The Morgan fingerprint density at radius 3 is 2.56 bits per heavy atom. The summed E-state index contributed by atoms with van der Waals surface area (Å²) in [4.78, 5) is 24.8. The van der Waals surface area contributed by atoms with Crippen molar-refractivity contribution in [2.45, 2.75) is 64.6 Å². The highest BCUT2D eigenvalue weighted by molar-refractivity contribution is 5.90. The van der Waals surface area contributed by atoms with Gasteiger partial charge in [0, 0.05) is 6.42 Å². The normalized spacial score (nSPS) is 28.7. The molecule has 4 atom stereocenters. The number of benzene rings is 1.